The molecule has 18 heavy (non-hydrogen) atoms. The van der Waals surface area contributed by atoms with E-state index in [2.05, 4.69) is 15.9 Å². The monoisotopic (exact) mass is 352 g/mol. The normalized spacial score (nSPS) is 24.0. The Kier molecular flexibility index (Phi) is 4.72. The number of Topliss-reactive ketones (excluding diaryl/α,β-unsaturated/α-hetero) is 1. The summed E-state index contributed by atoms with van der Waals surface area (Å²) in [4.78, 5) is 12.3. The molecule has 2 unspecified atom stereocenters. The van der Waals surface area contributed by atoms with Gasteiger partial charge in [0.25, 0.3) is 0 Å². The van der Waals surface area contributed by atoms with Crippen molar-refractivity contribution in [3.63, 3.8) is 0 Å². The molecule has 1 aliphatic heterocycles. The molecule has 0 radical (unpaired) electrons. The Morgan fingerprint density at radius 1 is 1.33 bits per heavy atom. The maximum atomic E-state index is 13.9. The van der Waals surface area contributed by atoms with Crippen LogP contribution in [0.1, 0.15) is 17.3 Å². The van der Waals surface area contributed by atoms with Crippen molar-refractivity contribution >= 4 is 45.2 Å². The Balaban J connectivity index is 2.36. The number of halogens is 3. The predicted octanol–water partition coefficient (Wildman–Crippen LogP) is 4.15. The molecule has 1 heterocycles. The molecule has 6 heteroatoms. The number of ketones is 1. The van der Waals surface area contributed by atoms with Gasteiger partial charge in [-0.25, -0.2) is 8.78 Å². The van der Waals surface area contributed by atoms with E-state index in [0.717, 1.165) is 17.6 Å². The van der Waals surface area contributed by atoms with Gasteiger partial charge in [0.15, 0.2) is 11.6 Å². The fraction of sp³-hybridized carbons (Fsp3) is 0.417. The molecule has 1 saturated heterocycles. The van der Waals surface area contributed by atoms with Crippen LogP contribution in [0.25, 0.3) is 0 Å². The van der Waals surface area contributed by atoms with E-state index in [1.54, 1.807) is 11.8 Å². The van der Waals surface area contributed by atoms with Crippen molar-refractivity contribution in [2.45, 2.75) is 17.4 Å². The summed E-state index contributed by atoms with van der Waals surface area (Å²) in [6, 6.07) is 2.39. The maximum absolute atomic E-state index is 13.9. The molecule has 1 aromatic rings. The van der Waals surface area contributed by atoms with Crippen molar-refractivity contribution in [3.05, 3.63) is 33.8 Å². The van der Waals surface area contributed by atoms with Crippen molar-refractivity contribution in [2.24, 2.45) is 0 Å². The molecular weight excluding hydrogens is 342 g/mol. The lowest BCUT2D eigenvalue weighted by atomic mass is 10.1. The van der Waals surface area contributed by atoms with Gasteiger partial charge in [0.2, 0.25) is 0 Å². The Morgan fingerprint density at radius 3 is 2.67 bits per heavy atom. The van der Waals surface area contributed by atoms with Crippen LogP contribution in [0.15, 0.2) is 16.6 Å². The molecule has 0 spiro atoms. The minimum atomic E-state index is -0.802. The summed E-state index contributed by atoms with van der Waals surface area (Å²) in [5.74, 6) is -0.231. The van der Waals surface area contributed by atoms with Crippen molar-refractivity contribution in [1.82, 2.24) is 0 Å². The van der Waals surface area contributed by atoms with Gasteiger partial charge in [-0.3, -0.25) is 4.79 Å². The first kappa shape index (κ1) is 14.3. The van der Waals surface area contributed by atoms with Crippen molar-refractivity contribution < 1.29 is 13.6 Å². The number of benzene rings is 1. The van der Waals surface area contributed by atoms with Crippen LogP contribution in [0.4, 0.5) is 8.78 Å². The summed E-state index contributed by atoms with van der Waals surface area (Å²) in [6.45, 7) is 1.92. The van der Waals surface area contributed by atoms with Crippen LogP contribution in [0, 0.1) is 11.6 Å². The standard InChI is InChI=1S/C12H11BrF2OS2/c1-6-12(18-5-4-17-6)11(16)9-8(14)3-2-7(13)10(9)15/h2-3,6,12H,4-5H2,1H3. The molecule has 0 aliphatic carbocycles. The zero-order valence-corrected chi connectivity index (χ0v) is 12.8. The average Bonchev–Trinajstić information content (AvgIpc) is 2.35. The van der Waals surface area contributed by atoms with Gasteiger partial charge in [0.1, 0.15) is 5.82 Å². The number of rotatable bonds is 2. The van der Waals surface area contributed by atoms with E-state index < -0.39 is 23.0 Å². The third-order valence-electron chi connectivity index (χ3n) is 2.74. The van der Waals surface area contributed by atoms with E-state index in [-0.39, 0.29) is 15.0 Å². The molecular formula is C12H11BrF2OS2. The van der Waals surface area contributed by atoms with Gasteiger partial charge in [-0.1, -0.05) is 6.92 Å². The fourth-order valence-corrected chi connectivity index (χ4v) is 4.85. The first-order valence-electron chi connectivity index (χ1n) is 5.43. The predicted molar refractivity (Wildman–Crippen MR) is 76.6 cm³/mol. The first-order chi connectivity index (χ1) is 8.52. The Hall–Kier alpha value is -0.0700. The van der Waals surface area contributed by atoms with Gasteiger partial charge in [0.05, 0.1) is 15.3 Å². The molecule has 0 bridgehead atoms. The van der Waals surface area contributed by atoms with E-state index in [9.17, 15) is 13.6 Å². The molecule has 2 rings (SSSR count). The molecule has 0 saturated carbocycles. The lowest BCUT2D eigenvalue weighted by molar-refractivity contribution is 0.0981. The number of hydrogen-bond acceptors (Lipinski definition) is 3. The van der Waals surface area contributed by atoms with Crippen LogP contribution in [0.2, 0.25) is 0 Å². The molecule has 1 nitrogen and oxygen atoms in total. The minimum absolute atomic E-state index is 0.0778. The molecule has 0 amide bonds. The molecule has 0 aromatic heterocycles. The van der Waals surface area contributed by atoms with E-state index in [0.29, 0.717) is 0 Å². The molecule has 0 N–H and O–H groups in total. The van der Waals surface area contributed by atoms with Crippen molar-refractivity contribution in [1.29, 1.82) is 0 Å². The smallest absolute Gasteiger partial charge is 0.182 e. The molecule has 1 fully saturated rings. The third-order valence-corrected chi connectivity index (χ3v) is 6.44. The number of thioether (sulfide) groups is 2. The van der Waals surface area contributed by atoms with E-state index in [4.69, 9.17) is 0 Å². The van der Waals surface area contributed by atoms with Crippen molar-refractivity contribution in [3.8, 4) is 0 Å². The van der Waals surface area contributed by atoms with Gasteiger partial charge < -0.3 is 0 Å². The van der Waals surface area contributed by atoms with E-state index >= 15 is 0 Å². The van der Waals surface area contributed by atoms with Gasteiger partial charge in [-0.15, -0.1) is 11.8 Å². The summed E-state index contributed by atoms with van der Waals surface area (Å²) < 4.78 is 27.7. The van der Waals surface area contributed by atoms with Crippen LogP contribution in [-0.2, 0) is 0 Å². The van der Waals surface area contributed by atoms with E-state index in [1.165, 1.54) is 17.8 Å². The quantitative estimate of drug-likeness (QED) is 0.587. The van der Waals surface area contributed by atoms with Crippen LogP contribution >= 0.6 is 39.5 Å². The molecule has 1 aliphatic rings. The molecule has 2 atom stereocenters. The highest BCUT2D eigenvalue weighted by molar-refractivity contribution is 9.10. The van der Waals surface area contributed by atoms with Crippen molar-refractivity contribution in [2.75, 3.05) is 11.5 Å². The highest BCUT2D eigenvalue weighted by Gasteiger charge is 2.33. The van der Waals surface area contributed by atoms with Gasteiger partial charge in [0, 0.05) is 16.8 Å². The van der Waals surface area contributed by atoms with Crippen LogP contribution < -0.4 is 0 Å². The Bertz CT molecular complexity index is 481. The highest BCUT2D eigenvalue weighted by atomic mass is 79.9. The summed E-state index contributed by atoms with van der Waals surface area (Å²) in [5, 5.41) is -0.295. The van der Waals surface area contributed by atoms with Crippen LogP contribution in [0.5, 0.6) is 0 Å². The molecule has 1 aromatic carbocycles. The second kappa shape index (κ2) is 5.92. The Morgan fingerprint density at radius 2 is 2.00 bits per heavy atom. The lowest BCUT2D eigenvalue weighted by Gasteiger charge is -2.26. The summed E-state index contributed by atoms with van der Waals surface area (Å²) in [7, 11) is 0. The topological polar surface area (TPSA) is 17.1 Å². The number of hydrogen-bond donors (Lipinski definition) is 0. The minimum Gasteiger partial charge on any atom is -0.293 e. The SMILES string of the molecule is CC1SCCSC1C(=O)c1c(F)ccc(Br)c1F. The number of carbonyl (C=O) groups excluding carboxylic acids is 1. The zero-order chi connectivity index (χ0) is 13.3. The second-order valence-corrected chi connectivity index (χ2v) is 7.54. The fourth-order valence-electron chi connectivity index (χ4n) is 1.82. The summed E-state index contributed by atoms with van der Waals surface area (Å²) >= 11 is 6.13. The second-order valence-electron chi connectivity index (χ2n) is 3.95. The largest absolute Gasteiger partial charge is 0.293 e. The van der Waals surface area contributed by atoms with Gasteiger partial charge in [-0.05, 0) is 28.1 Å². The highest BCUT2D eigenvalue weighted by Crippen LogP contribution is 2.34. The maximum Gasteiger partial charge on any atom is 0.182 e. The van der Waals surface area contributed by atoms with Crippen LogP contribution in [-0.4, -0.2) is 27.8 Å². The summed E-state index contributed by atoms with van der Waals surface area (Å²) in [6.07, 6.45) is 0. The van der Waals surface area contributed by atoms with Gasteiger partial charge in [-0.2, -0.15) is 11.8 Å². The Labute approximate surface area is 121 Å². The van der Waals surface area contributed by atoms with Crippen LogP contribution in [0.3, 0.4) is 0 Å². The lowest BCUT2D eigenvalue weighted by Crippen LogP contribution is -2.32. The van der Waals surface area contributed by atoms with E-state index in [1.807, 2.05) is 6.92 Å². The average molecular weight is 353 g/mol. The number of carbonyl (C=O) groups is 1. The first-order valence-corrected chi connectivity index (χ1v) is 8.32. The van der Waals surface area contributed by atoms with Gasteiger partial charge >= 0.3 is 0 Å². The zero-order valence-electron chi connectivity index (χ0n) is 9.58. The summed E-state index contributed by atoms with van der Waals surface area (Å²) in [5.41, 5.74) is -0.420. The third kappa shape index (κ3) is 2.75. The molecule has 98 valence electrons.